The normalized spacial score (nSPS) is 17.3. The molecular formula is C18H16F3N5O3. The fourth-order valence-electron chi connectivity index (χ4n) is 3.07. The Kier molecular flexibility index (Phi) is 4.95. The first-order chi connectivity index (χ1) is 13.9. The standard InChI is InChI=1S/C18H16F3N5O3/c19-18(20,21)15-5-6-22-17(23-15)29-11-3-1-7-26(10-11)16(27)13-9-12(24-25-13)14-4-2-8-28-14/h2,4-6,8-9,11H,1,3,7,10H2,(H,24,25). The number of aromatic amines is 1. The monoisotopic (exact) mass is 407 g/mol. The molecule has 1 aliphatic heterocycles. The van der Waals surface area contributed by atoms with E-state index in [1.54, 1.807) is 23.1 Å². The maximum atomic E-state index is 12.8. The maximum Gasteiger partial charge on any atom is 0.433 e. The van der Waals surface area contributed by atoms with Gasteiger partial charge >= 0.3 is 12.2 Å². The second-order valence-corrected chi connectivity index (χ2v) is 6.50. The average molecular weight is 407 g/mol. The van der Waals surface area contributed by atoms with E-state index in [0.717, 1.165) is 12.3 Å². The van der Waals surface area contributed by atoms with Gasteiger partial charge in [0, 0.05) is 18.8 Å². The largest absolute Gasteiger partial charge is 0.463 e. The van der Waals surface area contributed by atoms with Crippen LogP contribution in [0.25, 0.3) is 11.5 Å². The summed E-state index contributed by atoms with van der Waals surface area (Å²) in [6.07, 6.45) is -1.38. The van der Waals surface area contributed by atoms with Gasteiger partial charge in [0.15, 0.2) is 17.1 Å². The number of H-pyrrole nitrogens is 1. The topological polar surface area (TPSA) is 97.1 Å². The minimum absolute atomic E-state index is 0.196. The molecule has 1 aliphatic rings. The summed E-state index contributed by atoms with van der Waals surface area (Å²) in [5.41, 5.74) is -0.291. The highest BCUT2D eigenvalue weighted by Gasteiger charge is 2.34. The molecule has 8 nitrogen and oxygen atoms in total. The van der Waals surface area contributed by atoms with Gasteiger partial charge in [-0.2, -0.15) is 23.3 Å². The molecule has 3 aromatic rings. The first kappa shape index (κ1) is 19.0. The van der Waals surface area contributed by atoms with Gasteiger partial charge in [-0.05, 0) is 31.0 Å². The summed E-state index contributed by atoms with van der Waals surface area (Å²) >= 11 is 0. The molecule has 0 radical (unpaired) electrons. The van der Waals surface area contributed by atoms with Gasteiger partial charge in [0.05, 0.1) is 12.8 Å². The van der Waals surface area contributed by atoms with Gasteiger partial charge in [-0.3, -0.25) is 9.89 Å². The van der Waals surface area contributed by atoms with Crippen molar-refractivity contribution in [2.75, 3.05) is 13.1 Å². The molecule has 1 unspecified atom stereocenters. The number of alkyl halides is 3. The van der Waals surface area contributed by atoms with Gasteiger partial charge < -0.3 is 14.1 Å². The Labute approximate surface area is 162 Å². The lowest BCUT2D eigenvalue weighted by Crippen LogP contribution is -2.44. The van der Waals surface area contributed by atoms with E-state index >= 15 is 0 Å². The number of hydrogen-bond donors (Lipinski definition) is 1. The average Bonchev–Trinajstić information content (AvgIpc) is 3.39. The Morgan fingerprint density at radius 2 is 2.21 bits per heavy atom. The Morgan fingerprint density at radius 3 is 2.97 bits per heavy atom. The van der Waals surface area contributed by atoms with Crippen LogP contribution in [-0.4, -0.2) is 50.2 Å². The third-order valence-corrected chi connectivity index (χ3v) is 4.44. The Hall–Kier alpha value is -3.37. The molecule has 0 bridgehead atoms. The molecule has 11 heteroatoms. The quantitative estimate of drug-likeness (QED) is 0.714. The number of furan rings is 1. The zero-order valence-electron chi connectivity index (χ0n) is 15.0. The molecule has 3 aromatic heterocycles. The number of nitrogens with zero attached hydrogens (tertiary/aromatic N) is 4. The molecule has 152 valence electrons. The van der Waals surface area contributed by atoms with Crippen molar-refractivity contribution in [3.05, 3.63) is 48.1 Å². The number of carbonyl (C=O) groups excluding carboxylic acids is 1. The first-order valence-electron chi connectivity index (χ1n) is 8.85. The van der Waals surface area contributed by atoms with Crippen LogP contribution in [0.2, 0.25) is 0 Å². The van der Waals surface area contributed by atoms with Gasteiger partial charge in [-0.1, -0.05) is 0 Å². The van der Waals surface area contributed by atoms with Crippen LogP contribution in [0.5, 0.6) is 6.01 Å². The van der Waals surface area contributed by atoms with Crippen LogP contribution in [-0.2, 0) is 6.18 Å². The summed E-state index contributed by atoms with van der Waals surface area (Å²) in [6, 6.07) is 5.46. The van der Waals surface area contributed by atoms with Crippen LogP contribution in [0.3, 0.4) is 0 Å². The minimum atomic E-state index is -4.58. The first-order valence-corrected chi connectivity index (χ1v) is 8.85. The lowest BCUT2D eigenvalue weighted by Gasteiger charge is -2.31. The summed E-state index contributed by atoms with van der Waals surface area (Å²) in [5.74, 6) is 0.246. The van der Waals surface area contributed by atoms with E-state index in [1.165, 1.54) is 6.26 Å². The van der Waals surface area contributed by atoms with Crippen molar-refractivity contribution in [3.8, 4) is 17.5 Å². The number of halogens is 3. The Balaban J connectivity index is 1.43. The summed E-state index contributed by atoms with van der Waals surface area (Å²) in [4.78, 5) is 21.4. The summed E-state index contributed by atoms with van der Waals surface area (Å²) in [6.45, 7) is 0.687. The van der Waals surface area contributed by atoms with Gasteiger partial charge in [0.2, 0.25) is 0 Å². The van der Waals surface area contributed by atoms with E-state index in [4.69, 9.17) is 9.15 Å². The highest BCUT2D eigenvalue weighted by atomic mass is 19.4. The third kappa shape index (κ3) is 4.23. The van der Waals surface area contributed by atoms with Gasteiger partial charge in [-0.15, -0.1) is 0 Å². The predicted molar refractivity (Wildman–Crippen MR) is 92.9 cm³/mol. The van der Waals surface area contributed by atoms with Crippen LogP contribution >= 0.6 is 0 Å². The molecule has 29 heavy (non-hydrogen) atoms. The van der Waals surface area contributed by atoms with Gasteiger partial charge in [-0.25, -0.2) is 4.98 Å². The fourth-order valence-corrected chi connectivity index (χ4v) is 3.07. The molecule has 1 atom stereocenters. The number of likely N-dealkylation sites (tertiary alicyclic amines) is 1. The molecule has 1 N–H and O–H groups in total. The zero-order chi connectivity index (χ0) is 20.4. The molecular weight excluding hydrogens is 391 g/mol. The molecule has 1 saturated heterocycles. The van der Waals surface area contributed by atoms with Crippen molar-refractivity contribution in [1.29, 1.82) is 0 Å². The molecule has 0 saturated carbocycles. The van der Waals surface area contributed by atoms with Crippen molar-refractivity contribution < 1.29 is 27.1 Å². The van der Waals surface area contributed by atoms with Crippen LogP contribution in [0.15, 0.2) is 41.1 Å². The number of ether oxygens (including phenoxy) is 1. The van der Waals surface area contributed by atoms with Crippen molar-refractivity contribution in [1.82, 2.24) is 25.1 Å². The summed E-state index contributed by atoms with van der Waals surface area (Å²) < 4.78 is 49.1. The molecule has 4 heterocycles. The van der Waals surface area contributed by atoms with E-state index in [0.29, 0.717) is 30.8 Å². The van der Waals surface area contributed by atoms with Crippen molar-refractivity contribution in [3.63, 3.8) is 0 Å². The van der Waals surface area contributed by atoms with E-state index in [1.807, 2.05) is 0 Å². The summed E-state index contributed by atoms with van der Waals surface area (Å²) in [7, 11) is 0. The smallest absolute Gasteiger partial charge is 0.433 e. The van der Waals surface area contributed by atoms with Crippen molar-refractivity contribution in [2.45, 2.75) is 25.1 Å². The highest BCUT2D eigenvalue weighted by Crippen LogP contribution is 2.28. The summed E-state index contributed by atoms with van der Waals surface area (Å²) in [5, 5.41) is 6.78. The number of rotatable bonds is 4. The number of amides is 1. The number of hydrogen-bond acceptors (Lipinski definition) is 6. The van der Waals surface area contributed by atoms with E-state index in [2.05, 4.69) is 20.2 Å². The lowest BCUT2D eigenvalue weighted by atomic mass is 10.1. The zero-order valence-corrected chi connectivity index (χ0v) is 15.0. The van der Waals surface area contributed by atoms with E-state index in [-0.39, 0.29) is 24.2 Å². The minimum Gasteiger partial charge on any atom is -0.463 e. The van der Waals surface area contributed by atoms with Crippen molar-refractivity contribution >= 4 is 5.91 Å². The molecule has 0 aliphatic carbocycles. The van der Waals surface area contributed by atoms with Crippen LogP contribution in [0, 0.1) is 0 Å². The Morgan fingerprint density at radius 1 is 1.34 bits per heavy atom. The second-order valence-electron chi connectivity index (χ2n) is 6.50. The van der Waals surface area contributed by atoms with Crippen molar-refractivity contribution in [2.24, 2.45) is 0 Å². The highest BCUT2D eigenvalue weighted by molar-refractivity contribution is 5.93. The van der Waals surface area contributed by atoms with E-state index in [9.17, 15) is 18.0 Å². The molecule has 1 amide bonds. The molecule has 4 rings (SSSR count). The van der Waals surface area contributed by atoms with Crippen LogP contribution < -0.4 is 4.74 Å². The fraction of sp³-hybridized carbons (Fsp3) is 0.333. The Bertz CT molecular complexity index is 987. The number of nitrogens with one attached hydrogen (secondary N) is 1. The molecule has 0 aromatic carbocycles. The van der Waals surface area contributed by atoms with Gasteiger partial charge in [0.25, 0.3) is 5.91 Å². The van der Waals surface area contributed by atoms with Crippen LogP contribution in [0.4, 0.5) is 13.2 Å². The molecule has 0 spiro atoms. The third-order valence-electron chi connectivity index (χ3n) is 4.44. The lowest BCUT2D eigenvalue weighted by molar-refractivity contribution is -0.141. The van der Waals surface area contributed by atoms with Crippen LogP contribution in [0.1, 0.15) is 29.0 Å². The SMILES string of the molecule is O=C(c1cc(-c2ccco2)[nH]n1)N1CCCC(Oc2nccc(C(F)(F)F)n2)C1. The maximum absolute atomic E-state index is 12.8. The number of aromatic nitrogens is 4. The predicted octanol–water partition coefficient (Wildman–Crippen LogP) is 3.16. The van der Waals surface area contributed by atoms with E-state index < -0.39 is 18.0 Å². The second kappa shape index (κ2) is 7.57. The molecule has 1 fully saturated rings. The number of carbonyl (C=O) groups is 1. The van der Waals surface area contributed by atoms with Gasteiger partial charge in [0.1, 0.15) is 11.8 Å². The number of piperidine rings is 1.